The summed E-state index contributed by atoms with van der Waals surface area (Å²) in [6, 6.07) is 8.70. The number of fused-ring (bicyclic) bond motifs is 1. The summed E-state index contributed by atoms with van der Waals surface area (Å²) in [6.45, 7) is 5.53. The molecule has 2 N–H and O–H groups in total. The Labute approximate surface area is 156 Å². The lowest BCUT2D eigenvalue weighted by atomic mass is 9.69. The van der Waals surface area contributed by atoms with Crippen LogP contribution in [0.5, 0.6) is 0 Å². The van der Waals surface area contributed by atoms with E-state index in [2.05, 4.69) is 0 Å². The lowest BCUT2D eigenvalue weighted by molar-refractivity contribution is -0.199. The highest BCUT2D eigenvalue weighted by Crippen LogP contribution is 2.69. The molecule has 0 saturated heterocycles. The monoisotopic (exact) mass is 366 g/mol. The number of ether oxygens (including phenoxy) is 3. The zero-order valence-electron chi connectivity index (χ0n) is 15.2. The number of ketones is 1. The Bertz CT molecular complexity index is 1000. The van der Waals surface area contributed by atoms with E-state index in [-0.39, 0.29) is 35.3 Å². The van der Waals surface area contributed by atoms with Crippen molar-refractivity contribution in [3.8, 4) is 6.07 Å². The van der Waals surface area contributed by atoms with Crippen molar-refractivity contribution in [2.45, 2.75) is 26.6 Å². The molecule has 1 aromatic carbocycles. The Morgan fingerprint density at radius 1 is 1.33 bits per heavy atom. The van der Waals surface area contributed by atoms with Crippen LogP contribution in [0.3, 0.4) is 0 Å². The lowest BCUT2D eigenvalue weighted by Crippen LogP contribution is -2.45. The predicted octanol–water partition coefficient (Wildman–Crippen LogP) is 2.25. The van der Waals surface area contributed by atoms with Gasteiger partial charge in [0.1, 0.15) is 23.0 Å². The maximum Gasteiger partial charge on any atom is 0.339 e. The van der Waals surface area contributed by atoms with Crippen LogP contribution in [0.1, 0.15) is 36.7 Å². The number of nitrogens with two attached hydrogens (primary N) is 1. The van der Waals surface area contributed by atoms with Gasteiger partial charge in [0.05, 0.1) is 6.61 Å². The van der Waals surface area contributed by atoms with E-state index in [4.69, 9.17) is 19.9 Å². The number of esters is 1. The lowest BCUT2D eigenvalue weighted by Gasteiger charge is -2.31. The van der Waals surface area contributed by atoms with Gasteiger partial charge in [-0.2, -0.15) is 5.26 Å². The molecule has 0 aromatic heterocycles. The highest BCUT2D eigenvalue weighted by atomic mass is 16.7. The van der Waals surface area contributed by atoms with Gasteiger partial charge in [-0.1, -0.05) is 38.1 Å². The van der Waals surface area contributed by atoms with Crippen molar-refractivity contribution in [2.75, 3.05) is 6.61 Å². The molecule has 2 heterocycles. The van der Waals surface area contributed by atoms with Gasteiger partial charge in [0.2, 0.25) is 5.88 Å². The summed E-state index contributed by atoms with van der Waals surface area (Å²) in [4.78, 5) is 26.5. The second-order valence-corrected chi connectivity index (χ2v) is 7.22. The van der Waals surface area contributed by atoms with Crippen LogP contribution in [0.25, 0.3) is 0 Å². The maximum absolute atomic E-state index is 13.5. The van der Waals surface area contributed by atoms with Crippen LogP contribution in [0.15, 0.2) is 47.1 Å². The Morgan fingerprint density at radius 2 is 2.04 bits per heavy atom. The highest BCUT2D eigenvalue weighted by molar-refractivity contribution is 6.16. The number of carbonyl (C=O) groups is 2. The number of Topliss-reactive ketones (excluding diaryl/α,β-unsaturated/α-hetero) is 1. The molecule has 0 bridgehead atoms. The number of hydrogen-bond acceptors (Lipinski definition) is 7. The van der Waals surface area contributed by atoms with Crippen molar-refractivity contribution in [1.82, 2.24) is 0 Å². The molecule has 2 aliphatic heterocycles. The quantitative estimate of drug-likeness (QED) is 0.817. The van der Waals surface area contributed by atoms with Gasteiger partial charge in [-0.3, -0.25) is 4.79 Å². The number of benzene rings is 1. The van der Waals surface area contributed by atoms with Crippen LogP contribution in [-0.2, 0) is 24.8 Å². The molecule has 0 saturated carbocycles. The van der Waals surface area contributed by atoms with Crippen molar-refractivity contribution in [3.05, 3.63) is 58.2 Å². The SMILES string of the molecule is CC1=C(C(=O)OCC(C)C)[C@@]23C(=O)c4ccccc4[C@@]2(O1)OC(N)=C3C#N. The summed E-state index contributed by atoms with van der Waals surface area (Å²) in [5.41, 5.74) is 4.77. The summed E-state index contributed by atoms with van der Waals surface area (Å²) in [5, 5.41) is 9.77. The number of nitriles is 1. The molecule has 7 heteroatoms. The Morgan fingerprint density at radius 3 is 2.70 bits per heavy atom. The van der Waals surface area contributed by atoms with E-state index in [0.717, 1.165) is 0 Å². The molecule has 0 amide bonds. The molecule has 2 atom stereocenters. The van der Waals surface area contributed by atoms with Crippen molar-refractivity contribution >= 4 is 11.8 Å². The van der Waals surface area contributed by atoms with Crippen LogP contribution < -0.4 is 5.73 Å². The molecule has 7 nitrogen and oxygen atoms in total. The minimum atomic E-state index is -1.78. The van der Waals surface area contributed by atoms with E-state index in [1.807, 2.05) is 19.9 Å². The minimum absolute atomic E-state index is 0.0265. The van der Waals surface area contributed by atoms with Crippen molar-refractivity contribution in [3.63, 3.8) is 0 Å². The molecule has 4 rings (SSSR count). The minimum Gasteiger partial charge on any atom is -0.462 e. The molecule has 0 spiro atoms. The smallest absolute Gasteiger partial charge is 0.339 e. The predicted molar refractivity (Wildman–Crippen MR) is 92.4 cm³/mol. The van der Waals surface area contributed by atoms with Gasteiger partial charge in [-0.25, -0.2) is 4.79 Å². The second-order valence-electron chi connectivity index (χ2n) is 7.22. The summed E-state index contributed by atoms with van der Waals surface area (Å²) in [6.07, 6.45) is 0. The Balaban J connectivity index is 1.97. The first kappa shape index (κ1) is 17.2. The fraction of sp³-hybridized carbons (Fsp3) is 0.350. The number of nitrogens with zero attached hydrogens (tertiary/aromatic N) is 1. The molecule has 27 heavy (non-hydrogen) atoms. The first-order valence-corrected chi connectivity index (χ1v) is 8.62. The van der Waals surface area contributed by atoms with E-state index in [1.54, 1.807) is 31.2 Å². The number of hydrogen-bond donors (Lipinski definition) is 1. The average molecular weight is 366 g/mol. The van der Waals surface area contributed by atoms with Crippen LogP contribution in [0, 0.1) is 22.7 Å². The van der Waals surface area contributed by atoms with E-state index in [0.29, 0.717) is 11.1 Å². The first-order chi connectivity index (χ1) is 12.8. The molecule has 3 aliphatic rings. The number of rotatable bonds is 3. The number of allylic oxidation sites excluding steroid dienone is 1. The van der Waals surface area contributed by atoms with Crippen LogP contribution >= 0.6 is 0 Å². The van der Waals surface area contributed by atoms with Gasteiger partial charge in [0.25, 0.3) is 0 Å². The van der Waals surface area contributed by atoms with Gasteiger partial charge in [0.15, 0.2) is 11.2 Å². The largest absolute Gasteiger partial charge is 0.462 e. The molecule has 0 radical (unpaired) electrons. The van der Waals surface area contributed by atoms with E-state index >= 15 is 0 Å². The molecular weight excluding hydrogens is 348 g/mol. The van der Waals surface area contributed by atoms with Gasteiger partial charge in [-0.15, -0.1) is 0 Å². The molecule has 1 aliphatic carbocycles. The summed E-state index contributed by atoms with van der Waals surface area (Å²) >= 11 is 0. The van der Waals surface area contributed by atoms with Crippen LogP contribution in [0.2, 0.25) is 0 Å². The Hall–Kier alpha value is -3.27. The summed E-state index contributed by atoms with van der Waals surface area (Å²) < 4.78 is 17.2. The number of carbonyl (C=O) groups excluding carboxylic acids is 2. The fourth-order valence-corrected chi connectivity index (χ4v) is 4.16. The van der Waals surface area contributed by atoms with E-state index in [9.17, 15) is 14.9 Å². The second kappa shape index (κ2) is 5.36. The van der Waals surface area contributed by atoms with Gasteiger partial charge < -0.3 is 19.9 Å². The fourth-order valence-electron chi connectivity index (χ4n) is 4.16. The molecule has 138 valence electrons. The zero-order valence-corrected chi connectivity index (χ0v) is 15.2. The zero-order chi connectivity index (χ0) is 19.6. The van der Waals surface area contributed by atoms with Crippen molar-refractivity contribution < 1.29 is 23.8 Å². The third-order valence-electron chi connectivity index (χ3n) is 5.12. The average Bonchev–Trinajstić information content (AvgIpc) is 3.10. The van der Waals surface area contributed by atoms with E-state index < -0.39 is 23.0 Å². The Kier molecular flexibility index (Phi) is 3.41. The van der Waals surface area contributed by atoms with Crippen LogP contribution in [0.4, 0.5) is 0 Å². The molecule has 0 fully saturated rings. The standard InChI is InChI=1S/C20H18N2O5/c1-10(2)9-25-18(24)15-11(3)26-20-13-7-5-4-6-12(13)16(23)19(15,20)14(8-21)17(22)27-20/h4-7,10H,9,22H2,1-3H3/t19-,20+/m0/s1. The normalized spacial score (nSPS) is 27.7. The van der Waals surface area contributed by atoms with Crippen LogP contribution in [-0.4, -0.2) is 18.4 Å². The summed E-state index contributed by atoms with van der Waals surface area (Å²) in [7, 11) is 0. The van der Waals surface area contributed by atoms with Crippen molar-refractivity contribution in [1.29, 1.82) is 5.26 Å². The van der Waals surface area contributed by atoms with Gasteiger partial charge >= 0.3 is 11.8 Å². The molecule has 1 aromatic rings. The van der Waals surface area contributed by atoms with Gasteiger partial charge in [0, 0.05) is 11.1 Å². The van der Waals surface area contributed by atoms with Gasteiger partial charge in [-0.05, 0) is 12.8 Å². The topological polar surface area (TPSA) is 112 Å². The third kappa shape index (κ3) is 1.80. The highest BCUT2D eigenvalue weighted by Gasteiger charge is 2.80. The third-order valence-corrected chi connectivity index (χ3v) is 5.12. The summed E-state index contributed by atoms with van der Waals surface area (Å²) in [5.74, 6) is -2.79. The first-order valence-electron chi connectivity index (χ1n) is 8.62. The van der Waals surface area contributed by atoms with E-state index in [1.165, 1.54) is 0 Å². The molecule has 0 unspecified atom stereocenters. The maximum atomic E-state index is 13.5. The van der Waals surface area contributed by atoms with Crippen molar-refractivity contribution in [2.24, 2.45) is 17.1 Å². The molecular formula is C20H18N2O5.